The van der Waals surface area contributed by atoms with E-state index in [4.69, 9.17) is 0 Å². The molecule has 0 unspecified atom stereocenters. The summed E-state index contributed by atoms with van der Waals surface area (Å²) >= 11 is 0. The predicted octanol–water partition coefficient (Wildman–Crippen LogP) is 3.88. The van der Waals surface area contributed by atoms with E-state index in [1.54, 1.807) is 0 Å². The molecule has 0 saturated heterocycles. The zero-order chi connectivity index (χ0) is 11.1. The number of nitrogens with zero attached hydrogens (tertiary/aromatic N) is 1. The van der Waals surface area contributed by atoms with Crippen molar-refractivity contribution in [2.45, 2.75) is 27.2 Å². The van der Waals surface area contributed by atoms with E-state index in [1.165, 1.54) is 5.57 Å². The molecule has 0 radical (unpaired) electrons. The van der Waals surface area contributed by atoms with Crippen LogP contribution in [0.1, 0.15) is 27.2 Å². The zero-order valence-electron chi connectivity index (χ0n) is 9.64. The summed E-state index contributed by atoms with van der Waals surface area (Å²) in [5.74, 6) is 0. The number of rotatable bonds is 6. The fourth-order valence-corrected chi connectivity index (χ4v) is 0.885. The zero-order valence-corrected chi connectivity index (χ0v) is 9.64. The van der Waals surface area contributed by atoms with Crippen molar-refractivity contribution in [2.75, 3.05) is 6.54 Å². The fraction of sp³-hybridized carbons (Fsp3) is 0.385. The molecule has 0 aromatic heterocycles. The SMILES string of the molecule is C=C(C)/C=C\N(CC(=C)CC)C(=C)C. The van der Waals surface area contributed by atoms with Crippen molar-refractivity contribution < 1.29 is 0 Å². The van der Waals surface area contributed by atoms with Gasteiger partial charge in [0.05, 0.1) is 0 Å². The summed E-state index contributed by atoms with van der Waals surface area (Å²) in [5.41, 5.74) is 3.27. The van der Waals surface area contributed by atoms with Crippen LogP contribution in [0.2, 0.25) is 0 Å². The van der Waals surface area contributed by atoms with E-state index in [0.29, 0.717) is 0 Å². The highest BCUT2D eigenvalue weighted by Crippen LogP contribution is 2.08. The van der Waals surface area contributed by atoms with Crippen LogP contribution in [0.4, 0.5) is 0 Å². The Morgan fingerprint density at radius 1 is 1.21 bits per heavy atom. The molecular weight excluding hydrogens is 170 g/mol. The lowest BCUT2D eigenvalue weighted by Crippen LogP contribution is -2.16. The molecule has 0 rings (SSSR count). The second kappa shape index (κ2) is 6.25. The van der Waals surface area contributed by atoms with E-state index < -0.39 is 0 Å². The molecular formula is C13H21N. The minimum atomic E-state index is 0.843. The first kappa shape index (κ1) is 12.8. The van der Waals surface area contributed by atoms with Gasteiger partial charge >= 0.3 is 0 Å². The number of hydrogen-bond donors (Lipinski definition) is 0. The second-order valence-corrected chi connectivity index (χ2v) is 3.63. The average Bonchev–Trinajstić information content (AvgIpc) is 2.10. The molecule has 0 bridgehead atoms. The van der Waals surface area contributed by atoms with Gasteiger partial charge in [-0.25, -0.2) is 0 Å². The monoisotopic (exact) mass is 191 g/mol. The Hall–Kier alpha value is -1.24. The predicted molar refractivity (Wildman–Crippen MR) is 64.9 cm³/mol. The fourth-order valence-electron chi connectivity index (χ4n) is 0.885. The maximum Gasteiger partial charge on any atom is 0.0429 e. The first-order valence-corrected chi connectivity index (χ1v) is 4.89. The van der Waals surface area contributed by atoms with E-state index in [0.717, 1.165) is 24.2 Å². The Kier molecular flexibility index (Phi) is 5.70. The van der Waals surface area contributed by atoms with Gasteiger partial charge in [-0.05, 0) is 26.3 Å². The molecule has 0 amide bonds. The Morgan fingerprint density at radius 2 is 1.79 bits per heavy atom. The van der Waals surface area contributed by atoms with Crippen molar-refractivity contribution in [3.05, 3.63) is 48.9 Å². The lowest BCUT2D eigenvalue weighted by atomic mass is 10.2. The van der Waals surface area contributed by atoms with Crippen molar-refractivity contribution in [1.29, 1.82) is 0 Å². The third-order valence-electron chi connectivity index (χ3n) is 1.92. The molecule has 0 saturated carbocycles. The first-order chi connectivity index (χ1) is 6.47. The van der Waals surface area contributed by atoms with Crippen LogP contribution in [0.5, 0.6) is 0 Å². The molecule has 78 valence electrons. The van der Waals surface area contributed by atoms with Gasteiger partial charge in [-0.1, -0.05) is 37.8 Å². The third-order valence-corrected chi connectivity index (χ3v) is 1.92. The van der Waals surface area contributed by atoms with Gasteiger partial charge in [-0.2, -0.15) is 0 Å². The van der Waals surface area contributed by atoms with Crippen molar-refractivity contribution in [3.8, 4) is 0 Å². The number of allylic oxidation sites excluding steroid dienone is 3. The highest BCUT2D eigenvalue weighted by atomic mass is 15.1. The van der Waals surface area contributed by atoms with Crippen LogP contribution in [0.3, 0.4) is 0 Å². The molecule has 0 aliphatic rings. The van der Waals surface area contributed by atoms with E-state index >= 15 is 0 Å². The quantitative estimate of drug-likeness (QED) is 0.455. The van der Waals surface area contributed by atoms with Gasteiger partial charge in [-0.3, -0.25) is 0 Å². The Balaban J connectivity index is 4.38. The molecule has 0 N–H and O–H groups in total. The van der Waals surface area contributed by atoms with E-state index in [9.17, 15) is 0 Å². The van der Waals surface area contributed by atoms with Gasteiger partial charge in [0.15, 0.2) is 0 Å². The molecule has 1 heteroatoms. The molecule has 0 fully saturated rings. The van der Waals surface area contributed by atoms with Crippen LogP contribution in [0, 0.1) is 0 Å². The first-order valence-electron chi connectivity index (χ1n) is 4.89. The Morgan fingerprint density at radius 3 is 2.14 bits per heavy atom. The van der Waals surface area contributed by atoms with Gasteiger partial charge in [0.2, 0.25) is 0 Å². The standard InChI is InChI=1S/C13H21N/c1-7-13(6)10-14(12(4)5)9-8-11(2)3/h8-9H,2,4,6-7,10H2,1,3,5H3/b9-8-. The van der Waals surface area contributed by atoms with Crippen molar-refractivity contribution in [3.63, 3.8) is 0 Å². The lowest BCUT2D eigenvalue weighted by molar-refractivity contribution is 0.502. The molecule has 0 aromatic carbocycles. The van der Waals surface area contributed by atoms with Gasteiger partial charge in [0.1, 0.15) is 0 Å². The van der Waals surface area contributed by atoms with E-state index in [-0.39, 0.29) is 0 Å². The summed E-state index contributed by atoms with van der Waals surface area (Å²) < 4.78 is 0. The Labute approximate surface area is 88.1 Å². The van der Waals surface area contributed by atoms with Crippen LogP contribution in [0.25, 0.3) is 0 Å². The van der Waals surface area contributed by atoms with Crippen LogP contribution in [0.15, 0.2) is 48.9 Å². The highest BCUT2D eigenvalue weighted by molar-refractivity contribution is 5.14. The van der Waals surface area contributed by atoms with Crippen LogP contribution in [-0.2, 0) is 0 Å². The molecule has 0 atom stereocenters. The summed E-state index contributed by atoms with van der Waals surface area (Å²) in [6.45, 7) is 18.6. The maximum absolute atomic E-state index is 3.98. The topological polar surface area (TPSA) is 3.24 Å². The summed E-state index contributed by atoms with van der Waals surface area (Å²) in [7, 11) is 0. The molecule has 14 heavy (non-hydrogen) atoms. The lowest BCUT2D eigenvalue weighted by Gasteiger charge is -2.21. The van der Waals surface area contributed by atoms with Gasteiger partial charge in [0, 0.05) is 18.4 Å². The van der Waals surface area contributed by atoms with Crippen LogP contribution in [-0.4, -0.2) is 11.4 Å². The van der Waals surface area contributed by atoms with Gasteiger partial charge in [-0.15, -0.1) is 0 Å². The minimum Gasteiger partial charge on any atom is -0.348 e. The molecule has 0 aliphatic carbocycles. The second-order valence-electron chi connectivity index (χ2n) is 3.63. The van der Waals surface area contributed by atoms with Crippen molar-refractivity contribution >= 4 is 0 Å². The van der Waals surface area contributed by atoms with Crippen molar-refractivity contribution in [1.82, 2.24) is 4.90 Å². The molecule has 0 aliphatic heterocycles. The molecule has 1 nitrogen and oxygen atoms in total. The van der Waals surface area contributed by atoms with E-state index in [2.05, 4.69) is 31.6 Å². The summed E-state index contributed by atoms with van der Waals surface area (Å²) in [6, 6.07) is 0. The van der Waals surface area contributed by atoms with Gasteiger partial charge < -0.3 is 4.90 Å². The normalized spacial score (nSPS) is 10.2. The summed E-state index contributed by atoms with van der Waals surface area (Å²) in [4.78, 5) is 2.08. The van der Waals surface area contributed by atoms with Crippen LogP contribution >= 0.6 is 0 Å². The molecule has 0 aromatic rings. The largest absolute Gasteiger partial charge is 0.348 e. The highest BCUT2D eigenvalue weighted by Gasteiger charge is 2.00. The smallest absolute Gasteiger partial charge is 0.0429 e. The Bertz CT molecular complexity index is 258. The third kappa shape index (κ3) is 5.41. The van der Waals surface area contributed by atoms with Crippen molar-refractivity contribution in [2.24, 2.45) is 0 Å². The maximum atomic E-state index is 3.98. The average molecular weight is 191 g/mol. The molecule has 0 spiro atoms. The minimum absolute atomic E-state index is 0.843. The van der Waals surface area contributed by atoms with E-state index in [1.807, 2.05) is 26.1 Å². The summed E-state index contributed by atoms with van der Waals surface area (Å²) in [6.07, 6.45) is 4.99. The van der Waals surface area contributed by atoms with Gasteiger partial charge in [0.25, 0.3) is 0 Å². The molecule has 0 heterocycles. The number of hydrogen-bond acceptors (Lipinski definition) is 1. The van der Waals surface area contributed by atoms with Crippen LogP contribution < -0.4 is 0 Å². The summed E-state index contributed by atoms with van der Waals surface area (Å²) in [5, 5.41) is 0.